The average Bonchev–Trinajstić information content (AvgIpc) is 3.32. The second kappa shape index (κ2) is 10.4. The van der Waals surface area contributed by atoms with Crippen LogP contribution in [-0.2, 0) is 11.3 Å². The van der Waals surface area contributed by atoms with Gasteiger partial charge in [-0.15, -0.1) is 24.8 Å². The Hall–Kier alpha value is -1.67. The number of nitrogens with two attached hydrogens (primary N) is 1. The van der Waals surface area contributed by atoms with Crippen LogP contribution in [-0.4, -0.2) is 58.1 Å². The summed E-state index contributed by atoms with van der Waals surface area (Å²) in [6, 6.07) is 8.28. The van der Waals surface area contributed by atoms with E-state index in [9.17, 15) is 4.79 Å². The molecular formula is C20H29Cl2N5O2. The van der Waals surface area contributed by atoms with Crippen molar-refractivity contribution < 1.29 is 9.32 Å². The zero-order valence-electron chi connectivity index (χ0n) is 16.6. The molecule has 9 heteroatoms. The number of carbonyl (C=O) groups is 1. The van der Waals surface area contributed by atoms with Crippen molar-refractivity contribution in [2.45, 2.75) is 38.8 Å². The van der Waals surface area contributed by atoms with Crippen molar-refractivity contribution in [3.8, 4) is 11.4 Å². The molecule has 4 rings (SSSR count). The minimum absolute atomic E-state index is 0. The van der Waals surface area contributed by atoms with Crippen LogP contribution >= 0.6 is 24.8 Å². The Morgan fingerprint density at radius 3 is 2.45 bits per heavy atom. The summed E-state index contributed by atoms with van der Waals surface area (Å²) < 4.78 is 5.42. The van der Waals surface area contributed by atoms with Gasteiger partial charge in [0.25, 0.3) is 0 Å². The Morgan fingerprint density at radius 1 is 1.14 bits per heavy atom. The lowest BCUT2D eigenvalue weighted by atomic mass is 10.1. The SMILES string of the molecule is Cc1ccc(-c2noc(CN3CCN(C(=O)C4CCC(N)C4)CC3)n2)cc1.Cl.Cl. The van der Waals surface area contributed by atoms with Crippen molar-refractivity contribution in [1.82, 2.24) is 19.9 Å². The van der Waals surface area contributed by atoms with E-state index >= 15 is 0 Å². The van der Waals surface area contributed by atoms with Crippen molar-refractivity contribution in [3.05, 3.63) is 35.7 Å². The summed E-state index contributed by atoms with van der Waals surface area (Å²) in [5, 5.41) is 4.10. The third-order valence-electron chi connectivity index (χ3n) is 5.64. The molecule has 2 atom stereocenters. The molecule has 2 aromatic rings. The zero-order valence-corrected chi connectivity index (χ0v) is 18.3. The van der Waals surface area contributed by atoms with Gasteiger partial charge < -0.3 is 15.2 Å². The Labute approximate surface area is 183 Å². The molecule has 1 amide bonds. The first-order valence-electron chi connectivity index (χ1n) is 9.75. The van der Waals surface area contributed by atoms with Crippen molar-refractivity contribution in [1.29, 1.82) is 0 Å². The lowest BCUT2D eigenvalue weighted by Gasteiger charge is -2.35. The van der Waals surface area contributed by atoms with Gasteiger partial charge in [0.2, 0.25) is 17.6 Å². The predicted molar refractivity (Wildman–Crippen MR) is 116 cm³/mol. The molecule has 1 aromatic heterocycles. The number of hydrogen-bond acceptors (Lipinski definition) is 6. The van der Waals surface area contributed by atoms with Crippen LogP contribution in [0, 0.1) is 12.8 Å². The monoisotopic (exact) mass is 441 g/mol. The lowest BCUT2D eigenvalue weighted by molar-refractivity contribution is -0.137. The fraction of sp³-hybridized carbons (Fsp3) is 0.550. The summed E-state index contributed by atoms with van der Waals surface area (Å²) in [6.45, 7) is 5.83. The quantitative estimate of drug-likeness (QED) is 0.784. The van der Waals surface area contributed by atoms with Crippen molar-refractivity contribution in [2.75, 3.05) is 26.2 Å². The standard InChI is InChI=1S/C20H27N5O2.2ClH/c1-14-2-4-15(5-3-14)19-22-18(27-23-19)13-24-8-10-25(11-9-24)20(26)16-6-7-17(21)12-16;;/h2-5,16-17H,6-13,21H2,1H3;2*1H. The van der Waals surface area contributed by atoms with Gasteiger partial charge >= 0.3 is 0 Å². The van der Waals surface area contributed by atoms with E-state index in [2.05, 4.69) is 22.0 Å². The maximum absolute atomic E-state index is 12.6. The summed E-state index contributed by atoms with van der Waals surface area (Å²) in [6.07, 6.45) is 2.74. The van der Waals surface area contributed by atoms with Gasteiger partial charge in [0, 0.05) is 43.7 Å². The lowest BCUT2D eigenvalue weighted by Crippen LogP contribution is -2.49. The van der Waals surface area contributed by atoms with E-state index in [4.69, 9.17) is 10.3 Å². The van der Waals surface area contributed by atoms with Gasteiger partial charge in [0.1, 0.15) is 0 Å². The van der Waals surface area contributed by atoms with Crippen LogP contribution in [0.15, 0.2) is 28.8 Å². The van der Waals surface area contributed by atoms with Gasteiger partial charge in [0.05, 0.1) is 6.54 Å². The summed E-state index contributed by atoms with van der Waals surface area (Å²) in [5.74, 6) is 1.64. The fourth-order valence-corrected chi connectivity index (χ4v) is 3.96. The highest BCUT2D eigenvalue weighted by atomic mass is 35.5. The van der Waals surface area contributed by atoms with E-state index in [1.54, 1.807) is 0 Å². The second-order valence-electron chi connectivity index (χ2n) is 7.75. The van der Waals surface area contributed by atoms with E-state index in [0.717, 1.165) is 51.0 Å². The maximum Gasteiger partial charge on any atom is 0.241 e. The van der Waals surface area contributed by atoms with Crippen molar-refractivity contribution >= 4 is 30.7 Å². The average molecular weight is 442 g/mol. The molecule has 0 bridgehead atoms. The summed E-state index contributed by atoms with van der Waals surface area (Å²) in [7, 11) is 0. The number of benzene rings is 1. The highest BCUT2D eigenvalue weighted by molar-refractivity contribution is 5.85. The van der Waals surface area contributed by atoms with Gasteiger partial charge in [-0.1, -0.05) is 35.0 Å². The smallest absolute Gasteiger partial charge is 0.241 e. The van der Waals surface area contributed by atoms with Crippen LogP contribution in [0.2, 0.25) is 0 Å². The molecule has 29 heavy (non-hydrogen) atoms. The molecule has 1 saturated heterocycles. The zero-order chi connectivity index (χ0) is 18.8. The molecule has 7 nitrogen and oxygen atoms in total. The van der Waals surface area contributed by atoms with Crippen LogP contribution in [0.4, 0.5) is 0 Å². The molecule has 160 valence electrons. The Bertz CT molecular complexity index is 790. The van der Waals surface area contributed by atoms with Crippen molar-refractivity contribution in [2.24, 2.45) is 11.7 Å². The third kappa shape index (κ3) is 5.69. The number of aromatic nitrogens is 2. The number of aryl methyl sites for hydroxylation is 1. The number of amides is 1. The predicted octanol–water partition coefficient (Wildman–Crippen LogP) is 2.66. The number of piperazine rings is 1. The van der Waals surface area contributed by atoms with Crippen LogP contribution < -0.4 is 5.73 Å². The van der Waals surface area contributed by atoms with E-state index in [1.807, 2.05) is 29.2 Å². The molecule has 0 spiro atoms. The number of nitrogens with zero attached hydrogens (tertiary/aromatic N) is 4. The minimum atomic E-state index is 0. The second-order valence-corrected chi connectivity index (χ2v) is 7.75. The highest BCUT2D eigenvalue weighted by Gasteiger charge is 2.32. The summed E-state index contributed by atoms with van der Waals surface area (Å²) in [4.78, 5) is 21.4. The van der Waals surface area contributed by atoms with Crippen molar-refractivity contribution in [3.63, 3.8) is 0 Å². The normalized spacial score (nSPS) is 22.1. The molecule has 2 aliphatic rings. The van der Waals surface area contributed by atoms with Crippen LogP contribution in [0.25, 0.3) is 11.4 Å². The van der Waals surface area contributed by atoms with Crippen LogP contribution in [0.1, 0.15) is 30.7 Å². The molecule has 0 radical (unpaired) electrons. The topological polar surface area (TPSA) is 88.5 Å². The first kappa shape index (κ1) is 23.6. The Kier molecular flexibility index (Phi) is 8.46. The number of hydrogen-bond donors (Lipinski definition) is 1. The van der Waals surface area contributed by atoms with Gasteiger partial charge in [-0.25, -0.2) is 0 Å². The van der Waals surface area contributed by atoms with E-state index in [0.29, 0.717) is 18.3 Å². The minimum Gasteiger partial charge on any atom is -0.340 e. The Balaban J connectivity index is 0.00000150. The third-order valence-corrected chi connectivity index (χ3v) is 5.64. The van der Waals surface area contributed by atoms with E-state index < -0.39 is 0 Å². The number of rotatable bonds is 4. The molecule has 2 fully saturated rings. The largest absolute Gasteiger partial charge is 0.340 e. The van der Waals surface area contributed by atoms with Crippen LogP contribution in [0.5, 0.6) is 0 Å². The molecule has 2 heterocycles. The number of carbonyl (C=O) groups excluding carboxylic acids is 1. The van der Waals surface area contributed by atoms with Gasteiger partial charge in [-0.3, -0.25) is 9.69 Å². The molecule has 1 aromatic carbocycles. The first-order valence-corrected chi connectivity index (χ1v) is 9.75. The van der Waals surface area contributed by atoms with E-state index in [-0.39, 0.29) is 42.7 Å². The Morgan fingerprint density at radius 2 is 1.83 bits per heavy atom. The molecule has 1 aliphatic heterocycles. The number of halogens is 2. The van der Waals surface area contributed by atoms with Gasteiger partial charge in [-0.05, 0) is 26.2 Å². The molecular weight excluding hydrogens is 413 g/mol. The van der Waals surface area contributed by atoms with Crippen LogP contribution in [0.3, 0.4) is 0 Å². The maximum atomic E-state index is 12.6. The molecule has 2 unspecified atom stereocenters. The summed E-state index contributed by atoms with van der Waals surface area (Å²) >= 11 is 0. The fourth-order valence-electron chi connectivity index (χ4n) is 3.96. The van der Waals surface area contributed by atoms with Gasteiger partial charge in [0.15, 0.2) is 0 Å². The van der Waals surface area contributed by atoms with E-state index in [1.165, 1.54) is 5.56 Å². The molecule has 1 saturated carbocycles. The molecule has 2 N–H and O–H groups in total. The highest BCUT2D eigenvalue weighted by Crippen LogP contribution is 2.26. The van der Waals surface area contributed by atoms with Gasteiger partial charge in [-0.2, -0.15) is 4.98 Å². The molecule has 1 aliphatic carbocycles. The first-order chi connectivity index (χ1) is 13.1. The summed E-state index contributed by atoms with van der Waals surface area (Å²) in [5.41, 5.74) is 8.11.